The number of nitrogens with one attached hydrogen (secondary N) is 3. The highest BCUT2D eigenvalue weighted by Crippen LogP contribution is 2.07. The second kappa shape index (κ2) is 13.1. The number of nitrogens with zero attached hydrogens (tertiary/aromatic N) is 1. The Bertz CT molecular complexity index is 759. The van der Waals surface area contributed by atoms with Gasteiger partial charge in [0.15, 0.2) is 5.96 Å². The Morgan fingerprint density at radius 3 is 2.46 bits per heavy atom. The lowest BCUT2D eigenvalue weighted by atomic mass is 10.1. The van der Waals surface area contributed by atoms with Gasteiger partial charge in [-0.3, -0.25) is 4.79 Å². The molecule has 0 spiro atoms. The molecule has 0 saturated heterocycles. The van der Waals surface area contributed by atoms with Gasteiger partial charge in [0, 0.05) is 25.7 Å². The Morgan fingerprint density at radius 1 is 1.04 bits per heavy atom. The minimum Gasteiger partial charge on any atom is -0.356 e. The van der Waals surface area contributed by atoms with Crippen LogP contribution in [0.3, 0.4) is 0 Å². The lowest BCUT2D eigenvalue weighted by Gasteiger charge is -2.13. The molecule has 152 valence electrons. The quantitative estimate of drug-likeness (QED) is 0.225. The van der Waals surface area contributed by atoms with Crippen LogP contribution in [0, 0.1) is 6.92 Å². The van der Waals surface area contributed by atoms with Gasteiger partial charge in [0.25, 0.3) is 5.91 Å². The third-order valence-electron chi connectivity index (χ3n) is 4.24. The van der Waals surface area contributed by atoms with Crippen molar-refractivity contribution in [1.29, 1.82) is 0 Å². The highest BCUT2D eigenvalue weighted by Gasteiger charge is 2.04. The third kappa shape index (κ3) is 8.29. The average Bonchev–Trinajstić information content (AvgIpc) is 2.70. The highest BCUT2D eigenvalue weighted by atomic mass is 127. The Balaban J connectivity index is 0.00000392. The summed E-state index contributed by atoms with van der Waals surface area (Å²) >= 11 is 0. The summed E-state index contributed by atoms with van der Waals surface area (Å²) in [6.45, 7) is 6.37. The molecule has 1 amide bonds. The van der Waals surface area contributed by atoms with E-state index in [0.29, 0.717) is 12.1 Å². The molecule has 0 aliphatic rings. The van der Waals surface area contributed by atoms with Gasteiger partial charge in [-0.2, -0.15) is 0 Å². The number of aliphatic imine (C=N–C) groups is 1. The van der Waals surface area contributed by atoms with Crippen LogP contribution in [0.25, 0.3) is 0 Å². The predicted octanol–water partition coefficient (Wildman–Crippen LogP) is 4.01. The third-order valence-corrected chi connectivity index (χ3v) is 4.24. The summed E-state index contributed by atoms with van der Waals surface area (Å²) < 4.78 is 0. The van der Waals surface area contributed by atoms with Crippen molar-refractivity contribution < 1.29 is 4.79 Å². The Labute approximate surface area is 185 Å². The second-order valence-electron chi connectivity index (χ2n) is 6.56. The number of benzene rings is 2. The average molecular weight is 494 g/mol. The SMILES string of the molecule is CCCCNC(=NCc1cccc(C(=O)NC)c1)NCc1ccc(C)cc1.I. The zero-order valence-corrected chi connectivity index (χ0v) is 19.2. The molecule has 0 aliphatic heterocycles. The fourth-order valence-electron chi connectivity index (χ4n) is 2.58. The summed E-state index contributed by atoms with van der Waals surface area (Å²) in [5.74, 6) is 0.703. The number of guanidine groups is 1. The molecule has 28 heavy (non-hydrogen) atoms. The van der Waals surface area contributed by atoms with Crippen molar-refractivity contribution in [3.63, 3.8) is 0 Å². The fraction of sp³-hybridized carbons (Fsp3) is 0.364. The number of carbonyl (C=O) groups is 1. The number of unbranched alkanes of at least 4 members (excludes halogenated alkanes) is 1. The van der Waals surface area contributed by atoms with E-state index in [9.17, 15) is 4.79 Å². The van der Waals surface area contributed by atoms with E-state index >= 15 is 0 Å². The van der Waals surface area contributed by atoms with E-state index in [2.05, 4.69) is 59.1 Å². The molecular formula is C22H31IN4O. The first-order valence-corrected chi connectivity index (χ1v) is 9.51. The summed E-state index contributed by atoms with van der Waals surface area (Å²) in [6.07, 6.45) is 2.23. The summed E-state index contributed by atoms with van der Waals surface area (Å²) in [5.41, 5.74) is 4.12. The largest absolute Gasteiger partial charge is 0.356 e. The summed E-state index contributed by atoms with van der Waals surface area (Å²) in [7, 11) is 1.64. The summed E-state index contributed by atoms with van der Waals surface area (Å²) in [6, 6.07) is 16.0. The normalized spacial score (nSPS) is 10.8. The number of hydrogen-bond acceptors (Lipinski definition) is 2. The number of hydrogen-bond donors (Lipinski definition) is 3. The van der Waals surface area contributed by atoms with E-state index in [1.165, 1.54) is 11.1 Å². The fourth-order valence-corrected chi connectivity index (χ4v) is 2.58. The van der Waals surface area contributed by atoms with Crippen LogP contribution >= 0.6 is 24.0 Å². The maximum atomic E-state index is 11.8. The lowest BCUT2D eigenvalue weighted by Crippen LogP contribution is -2.37. The van der Waals surface area contributed by atoms with E-state index in [-0.39, 0.29) is 29.9 Å². The molecule has 0 heterocycles. The molecule has 0 radical (unpaired) electrons. The van der Waals surface area contributed by atoms with Gasteiger partial charge in [0.1, 0.15) is 0 Å². The van der Waals surface area contributed by atoms with Crippen LogP contribution in [0.15, 0.2) is 53.5 Å². The Kier molecular flexibility index (Phi) is 11.2. The van der Waals surface area contributed by atoms with E-state index < -0.39 is 0 Å². The van der Waals surface area contributed by atoms with Crippen molar-refractivity contribution in [3.8, 4) is 0 Å². The lowest BCUT2D eigenvalue weighted by molar-refractivity contribution is 0.0963. The molecule has 3 N–H and O–H groups in total. The molecule has 0 aliphatic carbocycles. The molecule has 5 nitrogen and oxygen atoms in total. The molecular weight excluding hydrogens is 463 g/mol. The van der Waals surface area contributed by atoms with Gasteiger partial charge in [-0.25, -0.2) is 4.99 Å². The summed E-state index contributed by atoms with van der Waals surface area (Å²) in [5, 5.41) is 9.42. The van der Waals surface area contributed by atoms with Gasteiger partial charge in [0.2, 0.25) is 0 Å². The van der Waals surface area contributed by atoms with E-state index in [1.54, 1.807) is 7.05 Å². The molecule has 6 heteroatoms. The van der Waals surface area contributed by atoms with Crippen LogP contribution in [0.2, 0.25) is 0 Å². The topological polar surface area (TPSA) is 65.5 Å². The van der Waals surface area contributed by atoms with Crippen molar-refractivity contribution in [2.75, 3.05) is 13.6 Å². The minimum atomic E-state index is -0.0837. The van der Waals surface area contributed by atoms with E-state index in [1.807, 2.05) is 24.3 Å². The van der Waals surface area contributed by atoms with Gasteiger partial charge < -0.3 is 16.0 Å². The zero-order chi connectivity index (χ0) is 19.5. The molecule has 2 rings (SSSR count). The second-order valence-corrected chi connectivity index (χ2v) is 6.56. The predicted molar refractivity (Wildman–Crippen MR) is 127 cm³/mol. The van der Waals surface area contributed by atoms with Gasteiger partial charge in [0.05, 0.1) is 6.54 Å². The van der Waals surface area contributed by atoms with E-state index in [0.717, 1.165) is 37.5 Å². The van der Waals surface area contributed by atoms with Crippen LogP contribution < -0.4 is 16.0 Å². The van der Waals surface area contributed by atoms with Gasteiger partial charge in [-0.05, 0) is 36.6 Å². The first-order valence-electron chi connectivity index (χ1n) is 9.51. The molecule has 0 fully saturated rings. The van der Waals surface area contributed by atoms with Crippen LogP contribution in [0.5, 0.6) is 0 Å². The minimum absolute atomic E-state index is 0. The molecule has 0 bridgehead atoms. The number of halogens is 1. The molecule has 0 unspecified atom stereocenters. The molecule has 2 aromatic rings. The summed E-state index contributed by atoms with van der Waals surface area (Å²) in [4.78, 5) is 16.5. The van der Waals surface area contributed by atoms with Crippen LogP contribution in [0.4, 0.5) is 0 Å². The maximum Gasteiger partial charge on any atom is 0.251 e. The van der Waals surface area contributed by atoms with Crippen molar-refractivity contribution >= 4 is 35.8 Å². The van der Waals surface area contributed by atoms with Crippen LogP contribution in [-0.2, 0) is 13.1 Å². The van der Waals surface area contributed by atoms with Crippen LogP contribution in [0.1, 0.15) is 46.8 Å². The van der Waals surface area contributed by atoms with Crippen molar-refractivity contribution in [1.82, 2.24) is 16.0 Å². The van der Waals surface area contributed by atoms with Crippen molar-refractivity contribution in [2.24, 2.45) is 4.99 Å². The molecule has 0 saturated carbocycles. The Morgan fingerprint density at radius 2 is 1.79 bits per heavy atom. The number of carbonyl (C=O) groups excluding carboxylic acids is 1. The molecule has 0 aromatic heterocycles. The number of aryl methyl sites for hydroxylation is 1. The Hall–Kier alpha value is -2.09. The maximum absolute atomic E-state index is 11.8. The first kappa shape index (κ1) is 23.9. The number of rotatable bonds is 8. The zero-order valence-electron chi connectivity index (χ0n) is 16.9. The van der Waals surface area contributed by atoms with Crippen molar-refractivity contribution in [2.45, 2.75) is 39.8 Å². The van der Waals surface area contributed by atoms with Gasteiger partial charge in [-0.15, -0.1) is 24.0 Å². The van der Waals surface area contributed by atoms with Gasteiger partial charge in [-0.1, -0.05) is 55.3 Å². The number of amides is 1. The standard InChI is InChI=1S/C22H30N4O.HI/c1-4-5-13-24-22(25-15-18-11-9-17(2)10-12-18)26-16-19-7-6-8-20(14-19)21(27)23-3;/h6-12,14H,4-5,13,15-16H2,1-3H3,(H,23,27)(H2,24,25,26);1H. The first-order chi connectivity index (χ1) is 13.1. The van der Waals surface area contributed by atoms with Gasteiger partial charge >= 0.3 is 0 Å². The highest BCUT2D eigenvalue weighted by molar-refractivity contribution is 14.0. The smallest absolute Gasteiger partial charge is 0.251 e. The molecule has 0 atom stereocenters. The van der Waals surface area contributed by atoms with E-state index in [4.69, 9.17) is 0 Å². The monoisotopic (exact) mass is 494 g/mol. The van der Waals surface area contributed by atoms with Crippen LogP contribution in [-0.4, -0.2) is 25.5 Å². The molecule has 2 aromatic carbocycles. The van der Waals surface area contributed by atoms with Crippen molar-refractivity contribution in [3.05, 3.63) is 70.8 Å².